The third-order valence-electron chi connectivity index (χ3n) is 4.94. The van der Waals surface area contributed by atoms with E-state index in [2.05, 4.69) is 20.1 Å². The maximum absolute atomic E-state index is 12.7. The van der Waals surface area contributed by atoms with E-state index >= 15 is 0 Å². The van der Waals surface area contributed by atoms with E-state index in [1.807, 2.05) is 23.6 Å². The minimum Gasteiger partial charge on any atom is -0.342 e. The predicted octanol–water partition coefficient (Wildman–Crippen LogP) is 0.348. The van der Waals surface area contributed by atoms with Crippen LogP contribution in [-0.2, 0) is 9.59 Å². The molecule has 2 aliphatic heterocycles. The smallest absolute Gasteiger partial charge is 0.225 e. The Morgan fingerprint density at radius 3 is 2.29 bits per heavy atom. The van der Waals surface area contributed by atoms with Crippen LogP contribution in [0.2, 0.25) is 0 Å². The van der Waals surface area contributed by atoms with Gasteiger partial charge in [-0.2, -0.15) is 10.1 Å². The molecule has 3 rings (SSSR count). The summed E-state index contributed by atoms with van der Waals surface area (Å²) in [4.78, 5) is 34.9. The van der Waals surface area contributed by atoms with Crippen molar-refractivity contribution in [1.82, 2.24) is 25.0 Å². The molecule has 2 amide bonds. The van der Waals surface area contributed by atoms with Crippen molar-refractivity contribution in [3.8, 4) is 0 Å². The van der Waals surface area contributed by atoms with Gasteiger partial charge in [0.05, 0.1) is 0 Å². The monoisotopic (exact) mass is 334 g/mol. The molecule has 0 aliphatic carbocycles. The molecular formula is C16H26N6O2. The summed E-state index contributed by atoms with van der Waals surface area (Å²) in [5, 5.41) is 6.73. The first-order valence-corrected chi connectivity index (χ1v) is 8.74. The summed E-state index contributed by atoms with van der Waals surface area (Å²) in [6, 6.07) is 0. The average molecular weight is 334 g/mol. The number of piperidine rings is 1. The van der Waals surface area contributed by atoms with E-state index in [4.69, 9.17) is 0 Å². The van der Waals surface area contributed by atoms with Gasteiger partial charge in [0, 0.05) is 51.1 Å². The standard InChI is InChI=1S/C16H26N6O2/c1-12(2)14(23)20-5-3-13(4-6-20)15(24)21-7-9-22(10-8-21)16-17-11-18-19-16/h11-13H,3-10H2,1-2H3,(H,17,18,19). The summed E-state index contributed by atoms with van der Waals surface area (Å²) in [5.74, 6) is 1.28. The quantitative estimate of drug-likeness (QED) is 0.862. The number of hydrogen-bond acceptors (Lipinski definition) is 5. The van der Waals surface area contributed by atoms with Gasteiger partial charge in [-0.15, -0.1) is 0 Å². The zero-order valence-corrected chi connectivity index (χ0v) is 14.4. The molecule has 0 atom stereocenters. The van der Waals surface area contributed by atoms with E-state index in [1.54, 1.807) is 0 Å². The van der Waals surface area contributed by atoms with Crippen molar-refractivity contribution in [2.24, 2.45) is 11.8 Å². The first kappa shape index (κ1) is 16.7. The highest BCUT2D eigenvalue weighted by atomic mass is 16.2. The van der Waals surface area contributed by atoms with Crippen LogP contribution < -0.4 is 4.90 Å². The molecular weight excluding hydrogens is 308 g/mol. The Morgan fingerprint density at radius 1 is 1.08 bits per heavy atom. The van der Waals surface area contributed by atoms with E-state index in [1.165, 1.54) is 6.33 Å². The molecule has 0 radical (unpaired) electrons. The average Bonchev–Trinajstić information content (AvgIpc) is 3.15. The maximum Gasteiger partial charge on any atom is 0.225 e. The molecule has 2 fully saturated rings. The van der Waals surface area contributed by atoms with Gasteiger partial charge in [-0.1, -0.05) is 13.8 Å². The molecule has 8 heteroatoms. The Balaban J connectivity index is 1.47. The molecule has 1 aromatic heterocycles. The van der Waals surface area contributed by atoms with Gasteiger partial charge >= 0.3 is 0 Å². The minimum absolute atomic E-state index is 0.0291. The number of H-pyrrole nitrogens is 1. The highest BCUT2D eigenvalue weighted by Gasteiger charge is 2.32. The second-order valence-corrected chi connectivity index (χ2v) is 6.88. The van der Waals surface area contributed by atoms with Crippen LogP contribution in [0.15, 0.2) is 6.33 Å². The lowest BCUT2D eigenvalue weighted by molar-refractivity contribution is -0.142. The van der Waals surface area contributed by atoms with Crippen molar-refractivity contribution in [2.75, 3.05) is 44.2 Å². The number of nitrogens with one attached hydrogen (secondary N) is 1. The van der Waals surface area contributed by atoms with Crippen LogP contribution in [0.4, 0.5) is 5.95 Å². The predicted molar refractivity (Wildman–Crippen MR) is 89.3 cm³/mol. The molecule has 24 heavy (non-hydrogen) atoms. The van der Waals surface area contributed by atoms with Crippen molar-refractivity contribution < 1.29 is 9.59 Å². The number of carbonyl (C=O) groups excluding carboxylic acids is 2. The number of nitrogens with zero attached hydrogens (tertiary/aromatic N) is 5. The molecule has 0 unspecified atom stereocenters. The number of amides is 2. The van der Waals surface area contributed by atoms with Gasteiger partial charge in [0.15, 0.2) is 0 Å². The van der Waals surface area contributed by atoms with Crippen LogP contribution in [0, 0.1) is 11.8 Å². The van der Waals surface area contributed by atoms with Gasteiger partial charge in [0.2, 0.25) is 17.8 Å². The number of aromatic amines is 1. The van der Waals surface area contributed by atoms with Gasteiger partial charge in [-0.05, 0) is 12.8 Å². The minimum atomic E-state index is 0.0291. The Hall–Kier alpha value is -2.12. The number of hydrogen-bond donors (Lipinski definition) is 1. The van der Waals surface area contributed by atoms with Gasteiger partial charge in [-0.3, -0.25) is 9.59 Å². The van der Waals surface area contributed by atoms with E-state index in [9.17, 15) is 9.59 Å². The van der Waals surface area contributed by atoms with Crippen molar-refractivity contribution >= 4 is 17.8 Å². The summed E-state index contributed by atoms with van der Waals surface area (Å²) >= 11 is 0. The zero-order chi connectivity index (χ0) is 17.1. The molecule has 132 valence electrons. The second-order valence-electron chi connectivity index (χ2n) is 6.88. The highest BCUT2D eigenvalue weighted by Crippen LogP contribution is 2.22. The van der Waals surface area contributed by atoms with Crippen LogP contribution in [0.3, 0.4) is 0 Å². The van der Waals surface area contributed by atoms with Gasteiger partial charge in [0.1, 0.15) is 6.33 Å². The first-order chi connectivity index (χ1) is 11.6. The Labute approximate surface area is 142 Å². The SMILES string of the molecule is CC(C)C(=O)N1CCC(C(=O)N2CCN(c3ncn[nH]3)CC2)CC1. The second kappa shape index (κ2) is 7.19. The first-order valence-electron chi connectivity index (χ1n) is 8.74. The number of likely N-dealkylation sites (tertiary alicyclic amines) is 1. The molecule has 2 aliphatic rings. The molecule has 0 bridgehead atoms. The fourth-order valence-corrected chi connectivity index (χ4v) is 3.46. The molecule has 8 nitrogen and oxygen atoms in total. The lowest BCUT2D eigenvalue weighted by atomic mass is 9.94. The summed E-state index contributed by atoms with van der Waals surface area (Å²) in [6.07, 6.45) is 3.05. The van der Waals surface area contributed by atoms with Crippen LogP contribution >= 0.6 is 0 Å². The number of anilines is 1. The molecule has 1 N–H and O–H groups in total. The van der Waals surface area contributed by atoms with Crippen LogP contribution in [0.5, 0.6) is 0 Å². The number of rotatable bonds is 3. The summed E-state index contributed by atoms with van der Waals surface area (Å²) in [7, 11) is 0. The molecule has 0 aromatic carbocycles. The van der Waals surface area contributed by atoms with Crippen molar-refractivity contribution in [3.63, 3.8) is 0 Å². The van der Waals surface area contributed by atoms with Crippen LogP contribution in [0.25, 0.3) is 0 Å². The number of aromatic nitrogens is 3. The van der Waals surface area contributed by atoms with Crippen molar-refractivity contribution in [3.05, 3.63) is 6.33 Å². The Morgan fingerprint density at radius 2 is 1.75 bits per heavy atom. The largest absolute Gasteiger partial charge is 0.342 e. The summed E-state index contributed by atoms with van der Waals surface area (Å²) < 4.78 is 0. The van der Waals surface area contributed by atoms with Crippen LogP contribution in [-0.4, -0.2) is 76.1 Å². The lowest BCUT2D eigenvalue weighted by Gasteiger charge is -2.38. The van der Waals surface area contributed by atoms with Crippen LogP contribution in [0.1, 0.15) is 26.7 Å². The van der Waals surface area contributed by atoms with Crippen molar-refractivity contribution in [1.29, 1.82) is 0 Å². The maximum atomic E-state index is 12.7. The van der Waals surface area contributed by atoms with E-state index in [0.29, 0.717) is 26.2 Å². The summed E-state index contributed by atoms with van der Waals surface area (Å²) in [5.41, 5.74) is 0. The van der Waals surface area contributed by atoms with Crippen molar-refractivity contribution in [2.45, 2.75) is 26.7 Å². The van der Waals surface area contributed by atoms with Gasteiger partial charge < -0.3 is 14.7 Å². The van der Waals surface area contributed by atoms with Gasteiger partial charge in [-0.25, -0.2) is 5.10 Å². The fourth-order valence-electron chi connectivity index (χ4n) is 3.46. The number of carbonyl (C=O) groups is 2. The van der Waals surface area contributed by atoms with Gasteiger partial charge in [0.25, 0.3) is 0 Å². The zero-order valence-electron chi connectivity index (χ0n) is 14.4. The third kappa shape index (κ3) is 3.52. The number of piperazine rings is 1. The van der Waals surface area contributed by atoms with E-state index < -0.39 is 0 Å². The molecule has 3 heterocycles. The normalized spacial score (nSPS) is 19.9. The van der Waals surface area contributed by atoms with E-state index in [-0.39, 0.29) is 23.7 Å². The molecule has 2 saturated heterocycles. The highest BCUT2D eigenvalue weighted by molar-refractivity contribution is 5.81. The molecule has 0 spiro atoms. The Kier molecular flexibility index (Phi) is 5.01. The van der Waals surface area contributed by atoms with E-state index in [0.717, 1.165) is 31.9 Å². The topological polar surface area (TPSA) is 85.4 Å². The Bertz CT molecular complexity index is 557. The summed E-state index contributed by atoms with van der Waals surface area (Å²) in [6.45, 7) is 8.21. The molecule has 1 aromatic rings. The lowest BCUT2D eigenvalue weighted by Crippen LogP contribution is -2.52. The fraction of sp³-hybridized carbons (Fsp3) is 0.750. The third-order valence-corrected chi connectivity index (χ3v) is 4.94. The molecule has 0 saturated carbocycles.